The zero-order valence-electron chi connectivity index (χ0n) is 12.4. The number of rotatable bonds is 5. The van der Waals surface area contributed by atoms with Crippen molar-refractivity contribution in [3.8, 4) is 0 Å². The number of benzene rings is 1. The number of thiazole rings is 1. The van der Waals surface area contributed by atoms with Gasteiger partial charge in [0.05, 0.1) is 11.2 Å². The summed E-state index contributed by atoms with van der Waals surface area (Å²) < 4.78 is 1.11. The Labute approximate surface area is 133 Å². The van der Waals surface area contributed by atoms with Gasteiger partial charge in [-0.05, 0) is 44.0 Å². The Balaban J connectivity index is 2.25. The van der Waals surface area contributed by atoms with Gasteiger partial charge < -0.3 is 5.32 Å². The lowest BCUT2D eigenvalue weighted by Gasteiger charge is -2.27. The van der Waals surface area contributed by atoms with E-state index >= 15 is 0 Å². The molecule has 0 bridgehead atoms. The molecule has 0 spiro atoms. The maximum absolute atomic E-state index is 4.81. The van der Waals surface area contributed by atoms with Crippen LogP contribution in [0, 0.1) is 0 Å². The number of likely N-dealkylation sites (N-methyl/N-ethyl adjacent to an activating group) is 1. The molecular formula is C16H21BrN2S. The Morgan fingerprint density at radius 1 is 1.30 bits per heavy atom. The van der Waals surface area contributed by atoms with Crippen LogP contribution < -0.4 is 5.32 Å². The lowest BCUT2D eigenvalue weighted by molar-refractivity contribution is 0.394. The van der Waals surface area contributed by atoms with Gasteiger partial charge in [-0.15, -0.1) is 11.3 Å². The lowest BCUT2D eigenvalue weighted by Crippen LogP contribution is -2.39. The number of hydrogen-bond acceptors (Lipinski definition) is 3. The Morgan fingerprint density at radius 2 is 1.95 bits per heavy atom. The first-order valence-corrected chi connectivity index (χ1v) is 8.51. The average Bonchev–Trinajstić information content (AvgIpc) is 2.92. The molecule has 1 unspecified atom stereocenters. The van der Waals surface area contributed by atoms with Crippen molar-refractivity contribution in [2.45, 2.75) is 38.6 Å². The number of nitrogens with zero attached hydrogens (tertiary/aromatic N) is 1. The molecule has 1 heterocycles. The van der Waals surface area contributed by atoms with Crippen LogP contribution in [0.3, 0.4) is 0 Å². The molecule has 1 aromatic heterocycles. The SMILES string of the molecule is CNC(C)(Cc1ccc(Br)cc1)c1nc(C(C)C)cs1. The van der Waals surface area contributed by atoms with Crippen molar-refractivity contribution >= 4 is 27.3 Å². The highest BCUT2D eigenvalue weighted by molar-refractivity contribution is 9.10. The monoisotopic (exact) mass is 352 g/mol. The average molecular weight is 353 g/mol. The van der Waals surface area contributed by atoms with Gasteiger partial charge in [0, 0.05) is 9.85 Å². The van der Waals surface area contributed by atoms with Crippen LogP contribution in [0.1, 0.15) is 43.0 Å². The molecule has 0 fully saturated rings. The number of aromatic nitrogens is 1. The first-order chi connectivity index (χ1) is 9.44. The van der Waals surface area contributed by atoms with Crippen LogP contribution in [0.2, 0.25) is 0 Å². The van der Waals surface area contributed by atoms with Gasteiger partial charge in [0.25, 0.3) is 0 Å². The van der Waals surface area contributed by atoms with E-state index in [1.165, 1.54) is 11.3 Å². The van der Waals surface area contributed by atoms with Gasteiger partial charge in [0.2, 0.25) is 0 Å². The molecule has 0 aliphatic carbocycles. The zero-order valence-corrected chi connectivity index (χ0v) is 14.8. The van der Waals surface area contributed by atoms with Crippen molar-refractivity contribution in [3.63, 3.8) is 0 Å². The largest absolute Gasteiger partial charge is 0.308 e. The molecule has 0 saturated carbocycles. The smallest absolute Gasteiger partial charge is 0.113 e. The molecule has 1 aromatic carbocycles. The fourth-order valence-corrected chi connectivity index (χ4v) is 3.50. The molecule has 0 saturated heterocycles. The summed E-state index contributed by atoms with van der Waals surface area (Å²) in [6, 6.07) is 8.51. The van der Waals surface area contributed by atoms with Gasteiger partial charge in [-0.2, -0.15) is 0 Å². The summed E-state index contributed by atoms with van der Waals surface area (Å²) in [5, 5.41) is 6.78. The lowest BCUT2D eigenvalue weighted by atomic mass is 9.93. The Hall–Kier alpha value is -0.710. The van der Waals surface area contributed by atoms with Crippen molar-refractivity contribution < 1.29 is 0 Å². The van der Waals surface area contributed by atoms with Gasteiger partial charge in [0.15, 0.2) is 0 Å². The summed E-state index contributed by atoms with van der Waals surface area (Å²) >= 11 is 5.23. The number of hydrogen-bond donors (Lipinski definition) is 1. The first kappa shape index (κ1) is 15.7. The Kier molecular flexibility index (Phi) is 4.99. The molecule has 2 aromatic rings. The van der Waals surface area contributed by atoms with Crippen molar-refractivity contribution in [2.24, 2.45) is 0 Å². The fraction of sp³-hybridized carbons (Fsp3) is 0.438. The fourth-order valence-electron chi connectivity index (χ4n) is 2.09. The summed E-state index contributed by atoms with van der Waals surface area (Å²) in [4.78, 5) is 4.81. The van der Waals surface area contributed by atoms with Crippen LogP contribution in [0.5, 0.6) is 0 Å². The predicted molar refractivity (Wildman–Crippen MR) is 90.5 cm³/mol. The van der Waals surface area contributed by atoms with Gasteiger partial charge in [-0.25, -0.2) is 4.98 Å². The van der Waals surface area contributed by atoms with Crippen LogP contribution in [0.25, 0.3) is 0 Å². The van der Waals surface area contributed by atoms with Crippen LogP contribution in [-0.2, 0) is 12.0 Å². The minimum absolute atomic E-state index is 0.119. The van der Waals surface area contributed by atoms with E-state index in [9.17, 15) is 0 Å². The van der Waals surface area contributed by atoms with Gasteiger partial charge >= 0.3 is 0 Å². The van der Waals surface area contributed by atoms with E-state index in [0.29, 0.717) is 5.92 Å². The maximum atomic E-state index is 4.81. The van der Waals surface area contributed by atoms with Crippen molar-refractivity contribution in [1.82, 2.24) is 10.3 Å². The molecular weight excluding hydrogens is 332 g/mol. The summed E-state index contributed by atoms with van der Waals surface area (Å²) in [7, 11) is 2.01. The number of nitrogens with one attached hydrogen (secondary N) is 1. The maximum Gasteiger partial charge on any atom is 0.113 e. The molecule has 0 radical (unpaired) electrons. The van der Waals surface area contributed by atoms with E-state index in [2.05, 4.69) is 71.7 Å². The second-order valence-corrected chi connectivity index (χ2v) is 7.39. The van der Waals surface area contributed by atoms with Crippen LogP contribution >= 0.6 is 27.3 Å². The third-order valence-electron chi connectivity index (χ3n) is 3.61. The van der Waals surface area contributed by atoms with E-state index in [1.54, 1.807) is 11.3 Å². The van der Waals surface area contributed by atoms with Gasteiger partial charge in [-0.3, -0.25) is 0 Å². The Bertz CT molecular complexity index is 562. The highest BCUT2D eigenvalue weighted by Crippen LogP contribution is 2.30. The first-order valence-electron chi connectivity index (χ1n) is 6.84. The Morgan fingerprint density at radius 3 is 2.45 bits per heavy atom. The molecule has 0 aliphatic heterocycles. The van der Waals surface area contributed by atoms with Crippen molar-refractivity contribution in [2.75, 3.05) is 7.05 Å². The van der Waals surface area contributed by atoms with E-state index < -0.39 is 0 Å². The van der Waals surface area contributed by atoms with Crippen molar-refractivity contribution in [3.05, 3.63) is 50.4 Å². The predicted octanol–water partition coefficient (Wildman–Crippen LogP) is 4.71. The summed E-state index contributed by atoms with van der Waals surface area (Å²) in [6.07, 6.45) is 0.932. The minimum atomic E-state index is -0.119. The third-order valence-corrected chi connectivity index (χ3v) is 5.26. The molecule has 2 nitrogen and oxygen atoms in total. The summed E-state index contributed by atoms with van der Waals surface area (Å²) in [5.74, 6) is 0.480. The quantitative estimate of drug-likeness (QED) is 0.842. The van der Waals surface area contributed by atoms with Crippen LogP contribution in [-0.4, -0.2) is 12.0 Å². The standard InChI is InChI=1S/C16H21BrN2S/c1-11(2)14-10-20-15(19-14)16(3,18-4)9-12-5-7-13(17)8-6-12/h5-8,10-11,18H,9H2,1-4H3. The topological polar surface area (TPSA) is 24.9 Å². The number of halogens is 1. The second-order valence-electron chi connectivity index (χ2n) is 5.62. The second kappa shape index (κ2) is 6.37. The highest BCUT2D eigenvalue weighted by Gasteiger charge is 2.28. The van der Waals surface area contributed by atoms with Crippen molar-refractivity contribution in [1.29, 1.82) is 0 Å². The van der Waals surface area contributed by atoms with Gasteiger partial charge in [-0.1, -0.05) is 41.9 Å². The van der Waals surface area contributed by atoms with E-state index in [0.717, 1.165) is 15.9 Å². The highest BCUT2D eigenvalue weighted by atomic mass is 79.9. The normalized spacial score (nSPS) is 14.5. The molecule has 2 rings (SSSR count). The molecule has 4 heteroatoms. The van der Waals surface area contributed by atoms with Crippen LogP contribution in [0.15, 0.2) is 34.1 Å². The molecule has 1 atom stereocenters. The zero-order chi connectivity index (χ0) is 14.8. The molecule has 0 aliphatic rings. The molecule has 1 N–H and O–H groups in total. The summed E-state index contributed by atoms with van der Waals surface area (Å²) in [5.41, 5.74) is 2.37. The minimum Gasteiger partial charge on any atom is -0.308 e. The van der Waals surface area contributed by atoms with E-state index in [1.807, 2.05) is 7.05 Å². The molecule has 20 heavy (non-hydrogen) atoms. The van der Waals surface area contributed by atoms with Gasteiger partial charge in [0.1, 0.15) is 5.01 Å². The molecule has 108 valence electrons. The molecule has 0 amide bonds. The summed E-state index contributed by atoms with van der Waals surface area (Å²) in [6.45, 7) is 6.59. The van der Waals surface area contributed by atoms with E-state index in [4.69, 9.17) is 4.98 Å². The van der Waals surface area contributed by atoms with E-state index in [-0.39, 0.29) is 5.54 Å². The van der Waals surface area contributed by atoms with Crippen LogP contribution in [0.4, 0.5) is 0 Å². The third kappa shape index (κ3) is 3.48.